The summed E-state index contributed by atoms with van der Waals surface area (Å²) in [5.74, 6) is -0.222. The van der Waals surface area contributed by atoms with Gasteiger partial charge in [-0.2, -0.15) is 0 Å². The van der Waals surface area contributed by atoms with Crippen molar-refractivity contribution in [2.24, 2.45) is 0 Å². The van der Waals surface area contributed by atoms with Crippen LogP contribution in [0.2, 0.25) is 0 Å². The number of benzene rings is 3. The first-order valence-electron chi connectivity index (χ1n) is 11.2. The maximum Gasteiger partial charge on any atom is 0.335 e. The molecular weight excluding hydrogens is 592 g/mol. The molecule has 1 saturated heterocycles. The predicted molar refractivity (Wildman–Crippen MR) is 144 cm³/mol. The molecule has 3 aromatic rings. The quantitative estimate of drug-likeness (QED) is 0.240. The molecule has 0 radical (unpaired) electrons. The van der Waals surface area contributed by atoms with Crippen molar-refractivity contribution in [1.82, 2.24) is 5.32 Å². The van der Waals surface area contributed by atoms with Crippen LogP contribution in [0.3, 0.4) is 0 Å². The second kappa shape index (κ2) is 11.5. The molecule has 4 amide bonds. The summed E-state index contributed by atoms with van der Waals surface area (Å²) in [5.41, 5.74) is 1.78. The fraction of sp³-hybridized carbons (Fsp3) is 0.148. The summed E-state index contributed by atoms with van der Waals surface area (Å²) in [6, 6.07) is 18.8. The van der Waals surface area contributed by atoms with E-state index in [0.29, 0.717) is 40.4 Å². The molecule has 3 aromatic carbocycles. The minimum Gasteiger partial charge on any atom is -0.494 e. The number of rotatable bonds is 8. The maximum atomic E-state index is 13.1. The first-order chi connectivity index (χ1) is 17.4. The van der Waals surface area contributed by atoms with Gasteiger partial charge in [0.05, 0.1) is 16.8 Å². The normalized spacial score (nSPS) is 14.7. The fourth-order valence-corrected chi connectivity index (χ4v) is 4.21. The lowest BCUT2D eigenvalue weighted by atomic mass is 10.1. The van der Waals surface area contributed by atoms with E-state index in [9.17, 15) is 14.4 Å². The third kappa shape index (κ3) is 6.03. The number of urea groups is 1. The summed E-state index contributed by atoms with van der Waals surface area (Å²) in [6.45, 7) is 2.94. The van der Waals surface area contributed by atoms with E-state index in [1.165, 1.54) is 6.08 Å². The van der Waals surface area contributed by atoms with Crippen molar-refractivity contribution in [2.75, 3.05) is 11.5 Å². The first-order valence-corrected chi connectivity index (χ1v) is 12.8. The van der Waals surface area contributed by atoms with Gasteiger partial charge in [-0.15, -0.1) is 0 Å². The monoisotopic (exact) mass is 612 g/mol. The van der Waals surface area contributed by atoms with Crippen LogP contribution in [-0.2, 0) is 16.2 Å². The highest BCUT2D eigenvalue weighted by Gasteiger charge is 2.36. The lowest BCUT2D eigenvalue weighted by molar-refractivity contribution is -0.122. The van der Waals surface area contributed by atoms with E-state index in [1.54, 1.807) is 42.5 Å². The fourth-order valence-electron chi connectivity index (χ4n) is 3.44. The van der Waals surface area contributed by atoms with Gasteiger partial charge in [0.2, 0.25) is 0 Å². The number of anilines is 1. The van der Waals surface area contributed by atoms with E-state index in [0.717, 1.165) is 21.4 Å². The van der Waals surface area contributed by atoms with Crippen LogP contribution in [0.15, 0.2) is 81.2 Å². The summed E-state index contributed by atoms with van der Waals surface area (Å²) < 4.78 is 13.1. The molecule has 0 aliphatic carbocycles. The van der Waals surface area contributed by atoms with Crippen LogP contribution in [0.5, 0.6) is 11.5 Å². The highest BCUT2D eigenvalue weighted by molar-refractivity contribution is 9.10. The second-order valence-electron chi connectivity index (χ2n) is 7.91. The molecule has 0 unspecified atom stereocenters. The van der Waals surface area contributed by atoms with E-state index in [2.05, 4.69) is 37.2 Å². The standard InChI is InChI=1S/C27H22Br2N2O5/c1-2-13-35-21-10-8-20(9-11-21)31-26(33)22(25(32)30-27(31)34)14-18-5-12-24(23(29)15-18)36-16-17-3-6-19(28)7-4-17/h3-12,14-15H,2,13,16H2,1H3,(H,30,32,34)/b22-14-. The Kier molecular flexibility index (Phi) is 8.22. The molecule has 0 atom stereocenters. The van der Waals surface area contributed by atoms with Gasteiger partial charge in [0.25, 0.3) is 11.8 Å². The van der Waals surface area contributed by atoms with Crippen molar-refractivity contribution < 1.29 is 23.9 Å². The minimum absolute atomic E-state index is 0.156. The average Bonchev–Trinajstić information content (AvgIpc) is 2.86. The highest BCUT2D eigenvalue weighted by Crippen LogP contribution is 2.29. The van der Waals surface area contributed by atoms with Gasteiger partial charge in [-0.1, -0.05) is 41.1 Å². The average molecular weight is 614 g/mol. The van der Waals surface area contributed by atoms with E-state index in [-0.39, 0.29) is 5.57 Å². The SMILES string of the molecule is CCCOc1ccc(N2C(=O)NC(=O)/C(=C/c3ccc(OCc4ccc(Br)cc4)c(Br)c3)C2=O)cc1. The number of carbonyl (C=O) groups excluding carboxylic acids is 3. The van der Waals surface area contributed by atoms with E-state index in [1.807, 2.05) is 31.2 Å². The number of carbonyl (C=O) groups is 3. The number of halogens is 2. The van der Waals surface area contributed by atoms with E-state index < -0.39 is 17.8 Å². The first kappa shape index (κ1) is 25.7. The summed E-state index contributed by atoms with van der Waals surface area (Å²) in [6.07, 6.45) is 2.30. The number of hydrogen-bond acceptors (Lipinski definition) is 5. The predicted octanol–water partition coefficient (Wildman–Crippen LogP) is 6.25. The number of barbiturate groups is 1. The molecule has 1 heterocycles. The summed E-state index contributed by atoms with van der Waals surface area (Å²) >= 11 is 6.89. The number of imide groups is 2. The lowest BCUT2D eigenvalue weighted by Gasteiger charge is -2.26. The van der Waals surface area contributed by atoms with Crippen LogP contribution < -0.4 is 19.7 Å². The minimum atomic E-state index is -0.803. The molecule has 9 heteroatoms. The van der Waals surface area contributed by atoms with Crippen molar-refractivity contribution in [3.05, 3.63) is 92.4 Å². The Bertz CT molecular complexity index is 1320. The third-order valence-electron chi connectivity index (χ3n) is 5.24. The zero-order chi connectivity index (χ0) is 25.7. The molecule has 7 nitrogen and oxygen atoms in total. The van der Waals surface area contributed by atoms with Gasteiger partial charge >= 0.3 is 6.03 Å². The van der Waals surface area contributed by atoms with Crippen LogP contribution >= 0.6 is 31.9 Å². The molecule has 1 aliphatic heterocycles. The summed E-state index contributed by atoms with van der Waals surface area (Å²) in [7, 11) is 0. The molecule has 1 fully saturated rings. The van der Waals surface area contributed by atoms with Gasteiger partial charge in [0, 0.05) is 4.47 Å². The second-order valence-corrected chi connectivity index (χ2v) is 9.68. The number of amides is 4. The van der Waals surface area contributed by atoms with Gasteiger partial charge in [-0.05, 0) is 88.1 Å². The Morgan fingerprint density at radius 2 is 1.64 bits per heavy atom. The van der Waals surface area contributed by atoms with Gasteiger partial charge in [0.15, 0.2) is 0 Å². The summed E-state index contributed by atoms with van der Waals surface area (Å²) in [4.78, 5) is 39.0. The van der Waals surface area contributed by atoms with Gasteiger partial charge < -0.3 is 9.47 Å². The molecule has 0 saturated carbocycles. The molecule has 1 aliphatic rings. The number of nitrogens with one attached hydrogen (secondary N) is 1. The van der Waals surface area contributed by atoms with Crippen LogP contribution in [-0.4, -0.2) is 24.5 Å². The Hall–Kier alpha value is -3.43. The molecule has 4 rings (SSSR count). The molecule has 0 spiro atoms. The number of nitrogens with zero attached hydrogens (tertiary/aromatic N) is 1. The molecule has 0 bridgehead atoms. The third-order valence-corrected chi connectivity index (χ3v) is 6.39. The largest absolute Gasteiger partial charge is 0.494 e. The lowest BCUT2D eigenvalue weighted by Crippen LogP contribution is -2.54. The topological polar surface area (TPSA) is 84.9 Å². The van der Waals surface area contributed by atoms with E-state index >= 15 is 0 Å². The van der Waals surface area contributed by atoms with Crippen molar-refractivity contribution in [2.45, 2.75) is 20.0 Å². The van der Waals surface area contributed by atoms with Crippen molar-refractivity contribution in [3.8, 4) is 11.5 Å². The van der Waals surface area contributed by atoms with Crippen LogP contribution in [0.4, 0.5) is 10.5 Å². The van der Waals surface area contributed by atoms with Crippen molar-refractivity contribution in [1.29, 1.82) is 0 Å². The summed E-state index contributed by atoms with van der Waals surface area (Å²) in [5, 5.41) is 2.23. The van der Waals surface area contributed by atoms with Crippen molar-refractivity contribution in [3.63, 3.8) is 0 Å². The van der Waals surface area contributed by atoms with Gasteiger partial charge in [-0.25, -0.2) is 9.69 Å². The Labute approximate surface area is 225 Å². The van der Waals surface area contributed by atoms with Crippen LogP contribution in [0.1, 0.15) is 24.5 Å². The maximum absolute atomic E-state index is 13.1. The van der Waals surface area contributed by atoms with Gasteiger partial charge in [-0.3, -0.25) is 14.9 Å². The molecule has 36 heavy (non-hydrogen) atoms. The molecule has 184 valence electrons. The number of ether oxygens (including phenoxy) is 2. The van der Waals surface area contributed by atoms with Crippen molar-refractivity contribution >= 4 is 61.5 Å². The Balaban J connectivity index is 1.52. The molecule has 1 N–H and O–H groups in total. The Morgan fingerprint density at radius 1 is 0.917 bits per heavy atom. The zero-order valence-electron chi connectivity index (χ0n) is 19.3. The molecule has 0 aromatic heterocycles. The number of hydrogen-bond donors (Lipinski definition) is 1. The smallest absolute Gasteiger partial charge is 0.335 e. The molecular formula is C27H22Br2N2O5. The van der Waals surface area contributed by atoms with Crippen LogP contribution in [0, 0.1) is 0 Å². The van der Waals surface area contributed by atoms with Gasteiger partial charge in [0.1, 0.15) is 23.7 Å². The Morgan fingerprint density at radius 3 is 2.31 bits per heavy atom. The zero-order valence-corrected chi connectivity index (χ0v) is 22.5. The van der Waals surface area contributed by atoms with Crippen LogP contribution in [0.25, 0.3) is 6.08 Å². The van der Waals surface area contributed by atoms with E-state index in [4.69, 9.17) is 9.47 Å². The highest BCUT2D eigenvalue weighted by atomic mass is 79.9.